The molecule has 1 saturated heterocycles. The minimum absolute atomic E-state index is 0.0562. The van der Waals surface area contributed by atoms with Crippen molar-refractivity contribution in [2.24, 2.45) is 5.73 Å². The first-order valence-corrected chi connectivity index (χ1v) is 5.67. The number of hydrogen-bond donors (Lipinski definition) is 1. The van der Waals surface area contributed by atoms with Gasteiger partial charge in [0.15, 0.2) is 0 Å². The smallest absolute Gasteiger partial charge is 0.240 e. The molecule has 1 unspecified atom stereocenters. The lowest BCUT2D eigenvalue weighted by Crippen LogP contribution is -2.44. The van der Waals surface area contributed by atoms with Crippen molar-refractivity contribution in [1.82, 2.24) is 4.90 Å². The van der Waals surface area contributed by atoms with Crippen LogP contribution in [0.5, 0.6) is 0 Å². The normalized spacial score (nSPS) is 17.0. The van der Waals surface area contributed by atoms with Gasteiger partial charge >= 0.3 is 0 Å². The number of primary amides is 1. The van der Waals surface area contributed by atoms with Crippen molar-refractivity contribution in [2.75, 3.05) is 6.54 Å². The number of carbonyl (C=O) groups is 2. The lowest BCUT2D eigenvalue weighted by Gasteiger charge is -2.23. The Hall–Kier alpha value is -1.06. The molecule has 0 spiro atoms. The van der Waals surface area contributed by atoms with E-state index in [4.69, 9.17) is 5.73 Å². The topological polar surface area (TPSA) is 63.4 Å². The van der Waals surface area contributed by atoms with E-state index in [-0.39, 0.29) is 11.9 Å². The molecule has 2 N–H and O–H groups in total. The molecule has 0 aliphatic carbocycles. The van der Waals surface area contributed by atoms with Crippen LogP contribution >= 0.6 is 0 Å². The van der Waals surface area contributed by atoms with Gasteiger partial charge in [0.25, 0.3) is 0 Å². The van der Waals surface area contributed by atoms with Gasteiger partial charge in [0.2, 0.25) is 11.8 Å². The first kappa shape index (κ1) is 13.9. The highest BCUT2D eigenvalue weighted by Gasteiger charge is 2.29. The maximum Gasteiger partial charge on any atom is 0.240 e. The second-order valence-electron chi connectivity index (χ2n) is 3.72. The Labute approximate surface area is 91.8 Å². The van der Waals surface area contributed by atoms with Crippen molar-refractivity contribution in [1.29, 1.82) is 0 Å². The van der Waals surface area contributed by atoms with Crippen LogP contribution in [0.1, 0.15) is 46.5 Å². The van der Waals surface area contributed by atoms with E-state index >= 15 is 0 Å². The van der Waals surface area contributed by atoms with Crippen molar-refractivity contribution in [3.05, 3.63) is 0 Å². The quantitative estimate of drug-likeness (QED) is 0.769. The molecule has 1 atom stereocenters. The standard InChI is InChI=1S/C8H14N2O2.C3H8/c1-2-6(8(9)12)10-5-3-4-7(10)11;1-3-2/h6H,2-5H2,1H3,(H2,9,12);3H2,1-2H3. The Kier molecular flexibility index (Phi) is 6.75. The Bertz CT molecular complexity index is 217. The van der Waals surface area contributed by atoms with Gasteiger partial charge in [-0.05, 0) is 12.8 Å². The third-order valence-corrected chi connectivity index (χ3v) is 2.20. The lowest BCUT2D eigenvalue weighted by molar-refractivity contribution is -0.136. The van der Waals surface area contributed by atoms with Crippen LogP contribution in [-0.4, -0.2) is 29.3 Å². The van der Waals surface area contributed by atoms with Crippen LogP contribution in [0.4, 0.5) is 0 Å². The van der Waals surface area contributed by atoms with Crippen molar-refractivity contribution in [3.63, 3.8) is 0 Å². The molecule has 15 heavy (non-hydrogen) atoms. The second-order valence-corrected chi connectivity index (χ2v) is 3.72. The molecule has 1 aliphatic rings. The molecule has 2 amide bonds. The minimum atomic E-state index is -0.396. The molecule has 4 heteroatoms. The molecule has 0 aromatic rings. The third-order valence-electron chi connectivity index (χ3n) is 2.20. The largest absolute Gasteiger partial charge is 0.368 e. The zero-order chi connectivity index (χ0) is 11.8. The summed E-state index contributed by atoms with van der Waals surface area (Å²) < 4.78 is 0. The summed E-state index contributed by atoms with van der Waals surface area (Å²) in [5.74, 6) is -0.339. The second kappa shape index (κ2) is 7.26. The Morgan fingerprint density at radius 1 is 1.47 bits per heavy atom. The van der Waals surface area contributed by atoms with E-state index in [2.05, 4.69) is 13.8 Å². The first-order chi connectivity index (χ1) is 7.08. The average molecular weight is 214 g/mol. The summed E-state index contributed by atoms with van der Waals surface area (Å²) in [7, 11) is 0. The van der Waals surface area contributed by atoms with Gasteiger partial charge in [0.1, 0.15) is 6.04 Å². The number of hydrogen-bond acceptors (Lipinski definition) is 2. The van der Waals surface area contributed by atoms with Crippen LogP contribution in [-0.2, 0) is 9.59 Å². The van der Waals surface area contributed by atoms with Crippen molar-refractivity contribution in [2.45, 2.75) is 52.5 Å². The van der Waals surface area contributed by atoms with Gasteiger partial charge in [-0.3, -0.25) is 9.59 Å². The number of nitrogens with two attached hydrogens (primary N) is 1. The van der Waals surface area contributed by atoms with Gasteiger partial charge in [0.05, 0.1) is 0 Å². The van der Waals surface area contributed by atoms with Gasteiger partial charge < -0.3 is 10.6 Å². The Balaban J connectivity index is 0.000000583. The zero-order valence-electron chi connectivity index (χ0n) is 9.95. The summed E-state index contributed by atoms with van der Waals surface area (Å²) in [6.07, 6.45) is 3.27. The number of carbonyl (C=O) groups excluding carboxylic acids is 2. The highest BCUT2D eigenvalue weighted by Crippen LogP contribution is 2.15. The molecule has 0 radical (unpaired) electrons. The van der Waals surface area contributed by atoms with E-state index in [9.17, 15) is 9.59 Å². The molecule has 0 aromatic carbocycles. The summed E-state index contributed by atoms with van der Waals surface area (Å²) in [6.45, 7) is 6.79. The molecule has 0 aromatic heterocycles. The van der Waals surface area contributed by atoms with Gasteiger partial charge in [-0.2, -0.15) is 0 Å². The lowest BCUT2D eigenvalue weighted by atomic mass is 10.2. The Morgan fingerprint density at radius 3 is 2.27 bits per heavy atom. The molecular weight excluding hydrogens is 192 g/mol. The molecular formula is C11H22N2O2. The van der Waals surface area contributed by atoms with Crippen LogP contribution in [0, 0.1) is 0 Å². The highest BCUT2D eigenvalue weighted by atomic mass is 16.2. The van der Waals surface area contributed by atoms with Crippen LogP contribution in [0.3, 0.4) is 0 Å². The van der Waals surface area contributed by atoms with Crippen LogP contribution < -0.4 is 5.73 Å². The third kappa shape index (κ3) is 4.32. The molecule has 0 saturated carbocycles. The van der Waals surface area contributed by atoms with Crippen LogP contribution in [0.25, 0.3) is 0 Å². The predicted octanol–water partition coefficient (Wildman–Crippen LogP) is 1.29. The summed E-state index contributed by atoms with van der Waals surface area (Å²) in [6, 6.07) is -0.389. The monoisotopic (exact) mass is 214 g/mol. The maximum absolute atomic E-state index is 11.2. The molecule has 1 heterocycles. The van der Waals surface area contributed by atoms with Crippen molar-refractivity contribution >= 4 is 11.8 Å². The summed E-state index contributed by atoms with van der Waals surface area (Å²) in [5, 5.41) is 0. The van der Waals surface area contributed by atoms with E-state index in [0.717, 1.165) is 6.42 Å². The summed E-state index contributed by atoms with van der Waals surface area (Å²) in [5.41, 5.74) is 5.16. The number of rotatable bonds is 3. The van der Waals surface area contributed by atoms with Crippen LogP contribution in [0.2, 0.25) is 0 Å². The highest BCUT2D eigenvalue weighted by molar-refractivity contribution is 5.87. The number of likely N-dealkylation sites (tertiary alicyclic amines) is 1. The Morgan fingerprint density at radius 2 is 2.00 bits per heavy atom. The average Bonchev–Trinajstić information content (AvgIpc) is 2.54. The van der Waals surface area contributed by atoms with Gasteiger partial charge in [-0.25, -0.2) is 0 Å². The van der Waals surface area contributed by atoms with Crippen LogP contribution in [0.15, 0.2) is 0 Å². The van der Waals surface area contributed by atoms with E-state index < -0.39 is 5.91 Å². The maximum atomic E-state index is 11.2. The molecule has 88 valence electrons. The fourth-order valence-corrected chi connectivity index (χ4v) is 1.57. The van der Waals surface area contributed by atoms with E-state index in [1.54, 1.807) is 4.90 Å². The molecule has 1 fully saturated rings. The predicted molar refractivity (Wildman–Crippen MR) is 60.2 cm³/mol. The summed E-state index contributed by atoms with van der Waals surface area (Å²) >= 11 is 0. The van der Waals surface area contributed by atoms with Gasteiger partial charge in [-0.1, -0.05) is 27.2 Å². The fourth-order valence-electron chi connectivity index (χ4n) is 1.57. The number of amides is 2. The molecule has 4 nitrogen and oxygen atoms in total. The van der Waals surface area contributed by atoms with E-state index in [0.29, 0.717) is 19.4 Å². The summed E-state index contributed by atoms with van der Waals surface area (Å²) in [4.78, 5) is 23.7. The molecule has 0 bridgehead atoms. The minimum Gasteiger partial charge on any atom is -0.368 e. The van der Waals surface area contributed by atoms with Gasteiger partial charge in [0, 0.05) is 13.0 Å². The van der Waals surface area contributed by atoms with E-state index in [1.165, 1.54) is 6.42 Å². The van der Waals surface area contributed by atoms with Gasteiger partial charge in [-0.15, -0.1) is 0 Å². The number of nitrogens with zero attached hydrogens (tertiary/aromatic N) is 1. The zero-order valence-corrected chi connectivity index (χ0v) is 9.95. The first-order valence-electron chi connectivity index (χ1n) is 5.67. The molecule has 1 rings (SSSR count). The molecule has 1 aliphatic heterocycles. The fraction of sp³-hybridized carbons (Fsp3) is 0.818. The van der Waals surface area contributed by atoms with E-state index in [1.807, 2.05) is 6.92 Å². The SMILES string of the molecule is CCC.CCC(C(N)=O)N1CCCC1=O. The van der Waals surface area contributed by atoms with Crippen molar-refractivity contribution in [3.8, 4) is 0 Å². The van der Waals surface area contributed by atoms with Crippen molar-refractivity contribution < 1.29 is 9.59 Å².